The van der Waals surface area contributed by atoms with Crippen LogP contribution in [-0.4, -0.2) is 18.6 Å². The maximum absolute atomic E-state index is 11.4. The summed E-state index contributed by atoms with van der Waals surface area (Å²) in [7, 11) is 0. The smallest absolute Gasteiger partial charge is 0.220 e. The van der Waals surface area contributed by atoms with Crippen LogP contribution in [0.1, 0.15) is 29.5 Å². The molecule has 6 heteroatoms. The van der Waals surface area contributed by atoms with Crippen LogP contribution in [0.4, 0.5) is 11.4 Å². The van der Waals surface area contributed by atoms with Gasteiger partial charge in [-0.2, -0.15) is 0 Å². The number of hydrogen-bond acceptors (Lipinski definition) is 5. The number of nitrogens with two attached hydrogens (primary N) is 1. The van der Waals surface area contributed by atoms with E-state index < -0.39 is 0 Å². The van der Waals surface area contributed by atoms with Gasteiger partial charge in [0, 0.05) is 37.0 Å². The number of amides is 1. The van der Waals surface area contributed by atoms with Crippen molar-refractivity contribution in [3.05, 3.63) is 114 Å². The average Bonchev–Trinajstić information content (AvgIpc) is 3.35. The fraction of sp³-hybridized carbons (Fsp3) is 0.219. The Bertz CT molecular complexity index is 1370. The summed E-state index contributed by atoms with van der Waals surface area (Å²) in [6.07, 6.45) is 1.37. The summed E-state index contributed by atoms with van der Waals surface area (Å²) >= 11 is 0. The third-order valence-electron chi connectivity index (χ3n) is 6.78. The zero-order chi connectivity index (χ0) is 26.3. The number of nitrogens with one attached hydrogen (secondary N) is 1. The summed E-state index contributed by atoms with van der Waals surface area (Å²) in [6, 6.07) is 32.4. The molecule has 0 radical (unpaired) electrons. The van der Waals surface area contributed by atoms with E-state index in [9.17, 15) is 4.79 Å². The normalized spacial score (nSPS) is 14.7. The zero-order valence-corrected chi connectivity index (χ0v) is 21.6. The van der Waals surface area contributed by atoms with Gasteiger partial charge in [-0.3, -0.25) is 4.79 Å². The molecule has 1 fully saturated rings. The van der Waals surface area contributed by atoms with E-state index in [1.807, 2.05) is 54.6 Å². The van der Waals surface area contributed by atoms with E-state index in [1.165, 1.54) is 11.1 Å². The first-order chi connectivity index (χ1) is 18.5. The number of hydrogen-bond donors (Lipinski definition) is 2. The maximum Gasteiger partial charge on any atom is 0.220 e. The molecular weight excluding hydrogens is 474 g/mol. The third-order valence-corrected chi connectivity index (χ3v) is 6.78. The van der Waals surface area contributed by atoms with E-state index in [0.29, 0.717) is 24.5 Å². The van der Waals surface area contributed by atoms with Crippen LogP contribution in [0.15, 0.2) is 97.1 Å². The fourth-order valence-corrected chi connectivity index (χ4v) is 4.66. The predicted molar refractivity (Wildman–Crippen MR) is 152 cm³/mol. The highest BCUT2D eigenvalue weighted by molar-refractivity contribution is 5.78. The lowest BCUT2D eigenvalue weighted by atomic mass is 10.1. The molecule has 3 N–H and O–H groups in total. The van der Waals surface area contributed by atoms with Crippen molar-refractivity contribution in [3.8, 4) is 17.2 Å². The Labute approximate surface area is 224 Å². The van der Waals surface area contributed by atoms with Crippen LogP contribution in [-0.2, 0) is 17.9 Å². The third kappa shape index (κ3) is 6.45. The summed E-state index contributed by atoms with van der Waals surface area (Å²) < 4.78 is 12.0. The molecule has 0 bridgehead atoms. The lowest BCUT2D eigenvalue weighted by Gasteiger charge is -2.27. The van der Waals surface area contributed by atoms with Gasteiger partial charge in [0.25, 0.3) is 0 Å². The van der Waals surface area contributed by atoms with Gasteiger partial charge in [0.15, 0.2) is 0 Å². The van der Waals surface area contributed by atoms with E-state index in [4.69, 9.17) is 15.2 Å². The van der Waals surface area contributed by atoms with Gasteiger partial charge in [-0.1, -0.05) is 54.6 Å². The fourth-order valence-electron chi connectivity index (χ4n) is 4.66. The molecule has 38 heavy (non-hydrogen) atoms. The van der Waals surface area contributed by atoms with Gasteiger partial charge in [-0.25, -0.2) is 0 Å². The molecule has 5 rings (SSSR count). The quantitative estimate of drug-likeness (QED) is 0.249. The minimum absolute atomic E-state index is 0.0668. The Morgan fingerprint density at radius 1 is 0.842 bits per heavy atom. The number of carbonyl (C=O) groups is 1. The lowest BCUT2D eigenvalue weighted by Crippen LogP contribution is -2.30. The second-order valence-electron chi connectivity index (χ2n) is 9.67. The van der Waals surface area contributed by atoms with Gasteiger partial charge in [0.2, 0.25) is 5.91 Å². The van der Waals surface area contributed by atoms with Crippen molar-refractivity contribution < 1.29 is 14.3 Å². The minimum atomic E-state index is 0.0668. The second kappa shape index (κ2) is 11.7. The molecule has 1 amide bonds. The van der Waals surface area contributed by atoms with Crippen LogP contribution >= 0.6 is 0 Å². The Balaban J connectivity index is 1.25. The molecule has 4 aromatic rings. The minimum Gasteiger partial charge on any atom is -0.491 e. The number of nitrogen functional groups attached to an aromatic ring is 1. The summed E-state index contributed by atoms with van der Waals surface area (Å²) in [5.74, 6) is 2.26. The van der Waals surface area contributed by atoms with Crippen LogP contribution < -0.4 is 25.4 Å². The first-order valence-corrected chi connectivity index (χ1v) is 13.0. The Hall–Kier alpha value is -4.45. The van der Waals surface area contributed by atoms with Crippen LogP contribution in [0.3, 0.4) is 0 Å². The molecule has 0 aliphatic carbocycles. The number of benzene rings is 4. The van der Waals surface area contributed by atoms with Gasteiger partial charge in [0.05, 0.1) is 6.04 Å². The van der Waals surface area contributed by atoms with Crippen molar-refractivity contribution in [3.63, 3.8) is 0 Å². The Morgan fingerprint density at radius 2 is 1.55 bits per heavy atom. The molecule has 4 aromatic carbocycles. The molecule has 1 aliphatic rings. The lowest BCUT2D eigenvalue weighted by molar-refractivity contribution is -0.119. The van der Waals surface area contributed by atoms with Gasteiger partial charge in [-0.15, -0.1) is 0 Å². The maximum atomic E-state index is 11.4. The van der Waals surface area contributed by atoms with Crippen molar-refractivity contribution in [1.82, 2.24) is 5.32 Å². The molecule has 6 nitrogen and oxygen atoms in total. The van der Waals surface area contributed by atoms with Gasteiger partial charge < -0.3 is 25.4 Å². The second-order valence-corrected chi connectivity index (χ2v) is 9.67. The van der Waals surface area contributed by atoms with Crippen LogP contribution in [0.25, 0.3) is 0 Å². The van der Waals surface area contributed by atoms with E-state index in [-0.39, 0.29) is 11.9 Å². The van der Waals surface area contributed by atoms with Crippen LogP contribution in [0.2, 0.25) is 0 Å². The first-order valence-electron chi connectivity index (χ1n) is 13.0. The van der Waals surface area contributed by atoms with E-state index in [0.717, 1.165) is 42.2 Å². The summed E-state index contributed by atoms with van der Waals surface area (Å²) in [4.78, 5) is 13.7. The topological polar surface area (TPSA) is 76.8 Å². The highest BCUT2D eigenvalue weighted by atomic mass is 16.5. The molecule has 0 unspecified atom stereocenters. The molecule has 0 spiro atoms. The average molecular weight is 508 g/mol. The number of carbonyl (C=O) groups excluding carboxylic acids is 1. The van der Waals surface area contributed by atoms with Gasteiger partial charge in [0.1, 0.15) is 23.9 Å². The van der Waals surface area contributed by atoms with Crippen LogP contribution in [0, 0.1) is 6.92 Å². The van der Waals surface area contributed by atoms with Crippen molar-refractivity contribution >= 4 is 17.3 Å². The zero-order valence-electron chi connectivity index (χ0n) is 21.6. The van der Waals surface area contributed by atoms with Crippen molar-refractivity contribution in [2.24, 2.45) is 0 Å². The van der Waals surface area contributed by atoms with Crippen LogP contribution in [0.5, 0.6) is 17.2 Å². The molecule has 0 aromatic heterocycles. The predicted octanol–water partition coefficient (Wildman–Crippen LogP) is 6.23. The number of ether oxygens (including phenoxy) is 2. The Kier molecular flexibility index (Phi) is 7.78. The molecule has 1 aliphatic heterocycles. The standard InChI is InChI=1S/C32H33N3O3/c1-23-30(33)11-6-12-31(23)35(20-24-7-3-2-4-8-24)21-25-13-16-27(17-14-25)38-29-10-5-9-28(19-29)37-22-26-15-18-32(36)34-26/h2-14,16-17,19,26H,15,18,20-22,33H2,1H3,(H,34,36)/t26-/m0/s1. The molecule has 1 saturated heterocycles. The van der Waals surface area contributed by atoms with Crippen molar-refractivity contribution in [1.29, 1.82) is 0 Å². The number of nitrogens with zero attached hydrogens (tertiary/aromatic N) is 1. The van der Waals surface area contributed by atoms with Gasteiger partial charge in [-0.05, 0) is 66.4 Å². The molecule has 0 saturated carbocycles. The van der Waals surface area contributed by atoms with Crippen molar-refractivity contribution in [2.75, 3.05) is 17.2 Å². The Morgan fingerprint density at radius 3 is 2.29 bits per heavy atom. The van der Waals surface area contributed by atoms with E-state index >= 15 is 0 Å². The monoisotopic (exact) mass is 507 g/mol. The number of rotatable bonds is 10. The number of anilines is 2. The molecular formula is C32H33N3O3. The summed E-state index contributed by atoms with van der Waals surface area (Å²) in [6.45, 7) is 4.04. The van der Waals surface area contributed by atoms with Crippen molar-refractivity contribution in [2.45, 2.75) is 38.9 Å². The largest absolute Gasteiger partial charge is 0.491 e. The van der Waals surface area contributed by atoms with E-state index in [2.05, 4.69) is 59.6 Å². The van der Waals surface area contributed by atoms with Gasteiger partial charge >= 0.3 is 0 Å². The SMILES string of the molecule is Cc1c(N)cccc1N(Cc1ccccc1)Cc1ccc(Oc2cccc(OC[C@@H]3CCC(=O)N3)c2)cc1. The molecule has 1 heterocycles. The highest BCUT2D eigenvalue weighted by Gasteiger charge is 2.21. The molecule has 1 atom stereocenters. The highest BCUT2D eigenvalue weighted by Crippen LogP contribution is 2.29. The van der Waals surface area contributed by atoms with E-state index in [1.54, 1.807) is 0 Å². The first kappa shape index (κ1) is 25.2. The summed E-state index contributed by atoms with van der Waals surface area (Å²) in [5, 5.41) is 2.92. The molecule has 194 valence electrons. The summed E-state index contributed by atoms with van der Waals surface area (Å²) in [5.41, 5.74) is 11.7.